The van der Waals surface area contributed by atoms with E-state index in [4.69, 9.17) is 9.84 Å². The number of hydrogen-bond acceptors (Lipinski definition) is 5. The average molecular weight is 273 g/mol. The standard InChI is InChI=1S/C9H14F3NO5/c10-9(11,12)8(17)13-1-4-3-18-5(2-14)7(16)6(4)15/h4-7,14-16H,1-3H2,(H,13,17)/t4-,5-,6-,7+/m1/s1. The highest BCUT2D eigenvalue weighted by atomic mass is 19.4. The maximum atomic E-state index is 11.9. The van der Waals surface area contributed by atoms with E-state index in [1.54, 1.807) is 5.32 Å². The fourth-order valence-corrected chi connectivity index (χ4v) is 1.61. The molecular weight excluding hydrogens is 259 g/mol. The third-order valence-electron chi connectivity index (χ3n) is 2.70. The summed E-state index contributed by atoms with van der Waals surface area (Å²) in [5.41, 5.74) is 0. The Bertz CT molecular complexity index is 298. The first-order valence-corrected chi connectivity index (χ1v) is 5.21. The first-order chi connectivity index (χ1) is 8.27. The number of carbonyl (C=O) groups excluding carboxylic acids is 1. The molecule has 4 N–H and O–H groups in total. The van der Waals surface area contributed by atoms with E-state index < -0.39 is 49.5 Å². The lowest BCUT2D eigenvalue weighted by atomic mass is 9.92. The molecule has 0 aromatic rings. The highest BCUT2D eigenvalue weighted by Crippen LogP contribution is 2.20. The number of rotatable bonds is 3. The third kappa shape index (κ3) is 3.55. The predicted molar refractivity (Wildman–Crippen MR) is 51.4 cm³/mol. The van der Waals surface area contributed by atoms with Crippen LogP contribution in [0.4, 0.5) is 13.2 Å². The van der Waals surface area contributed by atoms with Crippen molar-refractivity contribution in [2.75, 3.05) is 19.8 Å². The van der Waals surface area contributed by atoms with E-state index >= 15 is 0 Å². The van der Waals surface area contributed by atoms with Crippen molar-refractivity contribution in [1.29, 1.82) is 0 Å². The number of amides is 1. The second-order valence-electron chi connectivity index (χ2n) is 4.00. The number of nitrogens with one attached hydrogen (secondary N) is 1. The van der Waals surface area contributed by atoms with E-state index in [0.717, 1.165) is 0 Å². The molecule has 1 aliphatic heterocycles. The minimum absolute atomic E-state index is 0.165. The van der Waals surface area contributed by atoms with E-state index in [0.29, 0.717) is 0 Å². The Labute approximate surface area is 100 Å². The van der Waals surface area contributed by atoms with Crippen LogP contribution in [-0.2, 0) is 9.53 Å². The van der Waals surface area contributed by atoms with Crippen molar-refractivity contribution in [2.45, 2.75) is 24.5 Å². The van der Waals surface area contributed by atoms with Crippen LogP contribution < -0.4 is 5.32 Å². The normalized spacial score (nSPS) is 33.2. The summed E-state index contributed by atoms with van der Waals surface area (Å²) >= 11 is 0. The summed E-state index contributed by atoms with van der Waals surface area (Å²) in [4.78, 5) is 10.6. The molecule has 1 saturated heterocycles. The summed E-state index contributed by atoms with van der Waals surface area (Å²) in [6.45, 7) is -1.16. The number of carbonyl (C=O) groups is 1. The smallest absolute Gasteiger partial charge is 0.394 e. The molecule has 9 heteroatoms. The molecule has 1 aliphatic rings. The van der Waals surface area contributed by atoms with Crippen LogP contribution in [0.5, 0.6) is 0 Å². The van der Waals surface area contributed by atoms with Gasteiger partial charge in [-0.15, -0.1) is 0 Å². The average Bonchev–Trinajstić information content (AvgIpc) is 2.29. The molecule has 0 spiro atoms. The van der Waals surface area contributed by atoms with Gasteiger partial charge in [-0.25, -0.2) is 0 Å². The second-order valence-corrected chi connectivity index (χ2v) is 4.00. The van der Waals surface area contributed by atoms with Gasteiger partial charge in [0.15, 0.2) is 0 Å². The van der Waals surface area contributed by atoms with Crippen molar-refractivity contribution >= 4 is 5.91 Å². The van der Waals surface area contributed by atoms with Gasteiger partial charge in [0.1, 0.15) is 12.2 Å². The number of halogens is 3. The van der Waals surface area contributed by atoms with Crippen LogP contribution in [0.3, 0.4) is 0 Å². The Morgan fingerprint density at radius 2 is 1.94 bits per heavy atom. The zero-order valence-corrected chi connectivity index (χ0v) is 9.22. The molecule has 1 rings (SSSR count). The summed E-state index contributed by atoms with van der Waals surface area (Å²) in [7, 11) is 0. The molecule has 0 bridgehead atoms. The molecule has 0 aromatic carbocycles. The van der Waals surface area contributed by atoms with Gasteiger partial charge in [0.2, 0.25) is 0 Å². The van der Waals surface area contributed by atoms with Crippen LogP contribution in [0.2, 0.25) is 0 Å². The van der Waals surface area contributed by atoms with Gasteiger partial charge >= 0.3 is 12.1 Å². The van der Waals surface area contributed by atoms with Crippen LogP contribution in [0.1, 0.15) is 0 Å². The lowest BCUT2D eigenvalue weighted by molar-refractivity contribution is -0.181. The van der Waals surface area contributed by atoms with Crippen molar-refractivity contribution in [3.63, 3.8) is 0 Å². The number of ether oxygens (including phenoxy) is 1. The van der Waals surface area contributed by atoms with Crippen LogP contribution in [0.15, 0.2) is 0 Å². The van der Waals surface area contributed by atoms with Gasteiger partial charge in [0.05, 0.1) is 19.3 Å². The lowest BCUT2D eigenvalue weighted by Crippen LogP contribution is -2.54. The SMILES string of the molecule is O=C(NC[C@@H]1CO[C@H](CO)[C@H](O)[C@@H]1O)C(F)(F)F. The lowest BCUT2D eigenvalue weighted by Gasteiger charge is -2.36. The van der Waals surface area contributed by atoms with Crippen molar-refractivity contribution in [1.82, 2.24) is 5.32 Å². The fourth-order valence-electron chi connectivity index (χ4n) is 1.61. The van der Waals surface area contributed by atoms with E-state index in [1.165, 1.54) is 0 Å². The molecule has 0 radical (unpaired) electrons. The Hall–Kier alpha value is -0.900. The van der Waals surface area contributed by atoms with E-state index in [-0.39, 0.29) is 6.61 Å². The zero-order chi connectivity index (χ0) is 13.9. The van der Waals surface area contributed by atoms with Crippen molar-refractivity contribution in [3.8, 4) is 0 Å². The summed E-state index contributed by atoms with van der Waals surface area (Å²) in [5, 5.41) is 29.4. The minimum atomic E-state index is -4.99. The number of alkyl halides is 3. The predicted octanol–water partition coefficient (Wildman–Crippen LogP) is -1.61. The first-order valence-electron chi connectivity index (χ1n) is 5.21. The summed E-state index contributed by atoms with van der Waals surface area (Å²) < 4.78 is 40.7. The molecule has 4 atom stereocenters. The molecule has 0 aliphatic carbocycles. The van der Waals surface area contributed by atoms with E-state index in [9.17, 15) is 28.2 Å². The van der Waals surface area contributed by atoms with Crippen LogP contribution in [0.25, 0.3) is 0 Å². The van der Waals surface area contributed by atoms with Crippen LogP contribution >= 0.6 is 0 Å². The van der Waals surface area contributed by atoms with Crippen molar-refractivity contribution in [2.24, 2.45) is 5.92 Å². The zero-order valence-electron chi connectivity index (χ0n) is 9.22. The second kappa shape index (κ2) is 5.83. The van der Waals surface area contributed by atoms with Crippen LogP contribution in [-0.4, -0.2) is 65.5 Å². The molecule has 1 heterocycles. The maximum absolute atomic E-state index is 11.9. The third-order valence-corrected chi connectivity index (χ3v) is 2.70. The maximum Gasteiger partial charge on any atom is 0.471 e. The molecule has 0 aromatic heterocycles. The Balaban J connectivity index is 2.47. The molecule has 6 nitrogen and oxygen atoms in total. The number of aliphatic hydroxyl groups excluding tert-OH is 3. The molecule has 1 fully saturated rings. The largest absolute Gasteiger partial charge is 0.471 e. The molecule has 0 unspecified atom stereocenters. The quantitative estimate of drug-likeness (QED) is 0.496. The van der Waals surface area contributed by atoms with E-state index in [1.807, 2.05) is 0 Å². The molecule has 106 valence electrons. The summed E-state index contributed by atoms with van der Waals surface area (Å²) in [6, 6.07) is 0. The van der Waals surface area contributed by atoms with Crippen molar-refractivity contribution < 1.29 is 38.0 Å². The van der Waals surface area contributed by atoms with Gasteiger partial charge < -0.3 is 25.4 Å². The molecule has 0 saturated carbocycles. The highest BCUT2D eigenvalue weighted by molar-refractivity contribution is 5.81. The Kier molecular flexibility index (Phi) is 4.91. The van der Waals surface area contributed by atoms with Crippen LogP contribution in [0, 0.1) is 5.92 Å². The van der Waals surface area contributed by atoms with E-state index in [2.05, 4.69) is 0 Å². The summed E-state index contributed by atoms with van der Waals surface area (Å²) in [6.07, 6.45) is -8.75. The topological polar surface area (TPSA) is 99.0 Å². The molecule has 18 heavy (non-hydrogen) atoms. The van der Waals surface area contributed by atoms with Gasteiger partial charge in [0, 0.05) is 12.5 Å². The summed E-state index contributed by atoms with van der Waals surface area (Å²) in [5.74, 6) is -2.98. The first kappa shape index (κ1) is 15.2. The highest BCUT2D eigenvalue weighted by Gasteiger charge is 2.41. The molecule has 1 amide bonds. The number of hydrogen-bond donors (Lipinski definition) is 4. The van der Waals surface area contributed by atoms with Gasteiger partial charge in [-0.3, -0.25) is 4.79 Å². The van der Waals surface area contributed by atoms with Gasteiger partial charge in [0.25, 0.3) is 0 Å². The number of aliphatic hydroxyl groups is 3. The van der Waals surface area contributed by atoms with Gasteiger partial charge in [-0.2, -0.15) is 13.2 Å². The Morgan fingerprint density at radius 3 is 2.44 bits per heavy atom. The van der Waals surface area contributed by atoms with Crippen molar-refractivity contribution in [3.05, 3.63) is 0 Å². The van der Waals surface area contributed by atoms with Gasteiger partial charge in [-0.05, 0) is 0 Å². The monoisotopic (exact) mass is 273 g/mol. The van der Waals surface area contributed by atoms with Gasteiger partial charge in [-0.1, -0.05) is 0 Å². The fraction of sp³-hybridized carbons (Fsp3) is 0.889. The molecular formula is C9H14F3NO5. The minimum Gasteiger partial charge on any atom is -0.394 e. The Morgan fingerprint density at radius 1 is 1.33 bits per heavy atom.